The maximum atomic E-state index is 12.2. The van der Waals surface area contributed by atoms with Gasteiger partial charge in [-0.1, -0.05) is 0 Å². The molecule has 2 rings (SSSR count). The number of carbonyl (C=O) groups excluding carboxylic acids is 1. The van der Waals surface area contributed by atoms with Crippen molar-refractivity contribution in [3.05, 3.63) is 23.3 Å². The lowest BCUT2D eigenvalue weighted by Gasteiger charge is -2.15. The first kappa shape index (κ1) is 14.2. The first-order chi connectivity index (χ1) is 9.43. The number of aryl methyl sites for hydroxylation is 1. The van der Waals surface area contributed by atoms with E-state index in [1.165, 1.54) is 14.2 Å². The van der Waals surface area contributed by atoms with Crippen LogP contribution in [0.4, 0.5) is 0 Å². The Hall–Kier alpha value is -2.24. The van der Waals surface area contributed by atoms with Gasteiger partial charge in [-0.2, -0.15) is 0 Å². The standard InChI is InChI=1S/C14H17NO5/c1-8-6-10(19-2)11(20-3)7-9(8)12(16)15-14(4-5-14)13(17)18/h6-7H,4-5H2,1-3H3,(H,15,16)(H,17,18). The van der Waals surface area contributed by atoms with Gasteiger partial charge in [0, 0.05) is 5.56 Å². The summed E-state index contributed by atoms with van der Waals surface area (Å²) in [6.45, 7) is 1.76. The number of nitrogens with one attached hydrogen (secondary N) is 1. The van der Waals surface area contributed by atoms with E-state index in [-0.39, 0.29) is 0 Å². The number of ether oxygens (including phenoxy) is 2. The quantitative estimate of drug-likeness (QED) is 0.850. The largest absolute Gasteiger partial charge is 0.493 e. The van der Waals surface area contributed by atoms with Crippen LogP contribution in [0, 0.1) is 6.92 Å². The lowest BCUT2D eigenvalue weighted by atomic mass is 10.1. The Morgan fingerprint density at radius 2 is 1.75 bits per heavy atom. The van der Waals surface area contributed by atoms with Crippen LogP contribution in [0.2, 0.25) is 0 Å². The predicted octanol–water partition coefficient (Wildman–Crippen LogP) is 1.36. The molecule has 0 unspecified atom stereocenters. The van der Waals surface area contributed by atoms with Crippen molar-refractivity contribution in [3.8, 4) is 11.5 Å². The fourth-order valence-electron chi connectivity index (χ4n) is 2.03. The highest BCUT2D eigenvalue weighted by molar-refractivity contribution is 6.00. The van der Waals surface area contributed by atoms with Crippen molar-refractivity contribution >= 4 is 11.9 Å². The summed E-state index contributed by atoms with van der Waals surface area (Å²) in [7, 11) is 3.00. The van der Waals surface area contributed by atoms with Gasteiger partial charge in [-0.15, -0.1) is 0 Å². The highest BCUT2D eigenvalue weighted by Crippen LogP contribution is 2.36. The third-order valence-corrected chi connectivity index (χ3v) is 3.49. The molecule has 108 valence electrons. The monoisotopic (exact) mass is 279 g/mol. The smallest absolute Gasteiger partial charge is 0.329 e. The van der Waals surface area contributed by atoms with Crippen LogP contribution in [0.25, 0.3) is 0 Å². The molecule has 0 saturated heterocycles. The highest BCUT2D eigenvalue weighted by atomic mass is 16.5. The van der Waals surface area contributed by atoms with Crippen molar-refractivity contribution < 1.29 is 24.2 Å². The molecule has 0 bridgehead atoms. The zero-order valence-electron chi connectivity index (χ0n) is 11.6. The van der Waals surface area contributed by atoms with Crippen LogP contribution in [0.1, 0.15) is 28.8 Å². The van der Waals surface area contributed by atoms with Gasteiger partial charge in [0.15, 0.2) is 11.5 Å². The number of carboxylic acid groups (broad SMARTS) is 1. The summed E-state index contributed by atoms with van der Waals surface area (Å²) in [4.78, 5) is 23.3. The third-order valence-electron chi connectivity index (χ3n) is 3.49. The molecule has 1 aromatic rings. The maximum absolute atomic E-state index is 12.2. The fraction of sp³-hybridized carbons (Fsp3) is 0.429. The van der Waals surface area contributed by atoms with Gasteiger partial charge < -0.3 is 19.9 Å². The highest BCUT2D eigenvalue weighted by Gasteiger charge is 2.51. The molecule has 0 aliphatic heterocycles. The number of benzene rings is 1. The first-order valence-corrected chi connectivity index (χ1v) is 6.22. The van der Waals surface area contributed by atoms with Gasteiger partial charge in [-0.25, -0.2) is 4.79 Å². The van der Waals surface area contributed by atoms with Gasteiger partial charge in [0.05, 0.1) is 14.2 Å². The molecule has 0 aromatic heterocycles. The number of hydrogen-bond donors (Lipinski definition) is 2. The third kappa shape index (κ3) is 2.41. The molecule has 20 heavy (non-hydrogen) atoms. The molecule has 1 fully saturated rings. The SMILES string of the molecule is COc1cc(C)c(C(=O)NC2(C(=O)O)CC2)cc1OC. The van der Waals surface area contributed by atoms with E-state index in [1.54, 1.807) is 19.1 Å². The molecule has 1 saturated carbocycles. The van der Waals surface area contributed by atoms with Gasteiger partial charge in [-0.3, -0.25) is 4.79 Å². The van der Waals surface area contributed by atoms with Crippen molar-refractivity contribution in [1.29, 1.82) is 0 Å². The summed E-state index contributed by atoms with van der Waals surface area (Å²) in [6, 6.07) is 3.25. The number of methoxy groups -OCH3 is 2. The minimum absolute atomic E-state index is 0.384. The lowest BCUT2D eigenvalue weighted by molar-refractivity contribution is -0.140. The topological polar surface area (TPSA) is 84.9 Å². The number of hydrogen-bond acceptors (Lipinski definition) is 4. The Morgan fingerprint density at radius 3 is 2.20 bits per heavy atom. The Kier molecular flexibility index (Phi) is 3.57. The minimum Gasteiger partial charge on any atom is -0.493 e. The molecule has 1 aliphatic rings. The van der Waals surface area contributed by atoms with Crippen LogP contribution in [-0.2, 0) is 4.79 Å². The molecule has 0 radical (unpaired) electrons. The van der Waals surface area contributed by atoms with Crippen LogP contribution in [0.15, 0.2) is 12.1 Å². The van der Waals surface area contributed by atoms with Crippen molar-refractivity contribution in [2.75, 3.05) is 14.2 Å². The van der Waals surface area contributed by atoms with E-state index in [1.807, 2.05) is 0 Å². The minimum atomic E-state index is -1.10. The Labute approximate surface area is 116 Å². The summed E-state index contributed by atoms with van der Waals surface area (Å²) in [5.74, 6) is -0.448. The van der Waals surface area contributed by atoms with E-state index in [0.717, 1.165) is 0 Å². The zero-order valence-corrected chi connectivity index (χ0v) is 11.6. The number of rotatable bonds is 5. The number of carbonyl (C=O) groups is 2. The van der Waals surface area contributed by atoms with Gasteiger partial charge >= 0.3 is 5.97 Å². The Balaban J connectivity index is 2.28. The van der Waals surface area contributed by atoms with Gasteiger partial charge in [0.25, 0.3) is 5.91 Å². The molecule has 6 heteroatoms. The van der Waals surface area contributed by atoms with E-state index < -0.39 is 17.4 Å². The molecular weight excluding hydrogens is 262 g/mol. The van der Waals surface area contributed by atoms with E-state index in [9.17, 15) is 9.59 Å². The van der Waals surface area contributed by atoms with Crippen LogP contribution in [0.3, 0.4) is 0 Å². The second-order valence-corrected chi connectivity index (χ2v) is 4.86. The molecule has 0 atom stereocenters. The van der Waals surface area contributed by atoms with Gasteiger partial charge in [0.2, 0.25) is 0 Å². The average Bonchev–Trinajstić information content (AvgIpc) is 3.19. The number of aliphatic carboxylic acids is 1. The molecule has 6 nitrogen and oxygen atoms in total. The van der Waals surface area contributed by atoms with E-state index >= 15 is 0 Å². The van der Waals surface area contributed by atoms with Crippen LogP contribution in [0.5, 0.6) is 11.5 Å². The fourth-order valence-corrected chi connectivity index (χ4v) is 2.03. The molecule has 1 amide bonds. The normalized spacial score (nSPS) is 15.3. The van der Waals surface area contributed by atoms with E-state index in [2.05, 4.69) is 5.32 Å². The van der Waals surface area contributed by atoms with Gasteiger partial charge in [0.1, 0.15) is 5.54 Å². The second kappa shape index (κ2) is 5.03. The van der Waals surface area contributed by atoms with Crippen molar-refractivity contribution in [2.24, 2.45) is 0 Å². The summed E-state index contributed by atoms with van der Waals surface area (Å²) >= 11 is 0. The first-order valence-electron chi connectivity index (χ1n) is 6.22. The van der Waals surface area contributed by atoms with Crippen molar-refractivity contribution in [1.82, 2.24) is 5.32 Å². The average molecular weight is 279 g/mol. The molecule has 0 heterocycles. The lowest BCUT2D eigenvalue weighted by Crippen LogP contribution is -2.43. The molecule has 1 aliphatic carbocycles. The summed E-state index contributed by atoms with van der Waals surface area (Å²) in [6.07, 6.45) is 0.917. The predicted molar refractivity (Wildman–Crippen MR) is 71.4 cm³/mol. The summed E-state index contributed by atoms with van der Waals surface area (Å²) < 4.78 is 10.3. The molecule has 1 aromatic carbocycles. The van der Waals surface area contributed by atoms with Crippen molar-refractivity contribution in [2.45, 2.75) is 25.3 Å². The van der Waals surface area contributed by atoms with Gasteiger partial charge in [-0.05, 0) is 37.5 Å². The summed E-state index contributed by atoms with van der Waals surface area (Å²) in [5.41, 5.74) is -0.0204. The molecular formula is C14H17NO5. The number of amides is 1. The van der Waals surface area contributed by atoms with Crippen LogP contribution in [-0.4, -0.2) is 36.7 Å². The van der Waals surface area contributed by atoms with Crippen LogP contribution >= 0.6 is 0 Å². The van der Waals surface area contributed by atoms with E-state index in [4.69, 9.17) is 14.6 Å². The maximum Gasteiger partial charge on any atom is 0.329 e. The Morgan fingerprint density at radius 1 is 1.20 bits per heavy atom. The Bertz CT molecular complexity index is 563. The van der Waals surface area contributed by atoms with E-state index in [0.29, 0.717) is 35.5 Å². The van der Waals surface area contributed by atoms with Crippen LogP contribution < -0.4 is 14.8 Å². The molecule has 2 N–H and O–H groups in total. The van der Waals surface area contributed by atoms with Crippen molar-refractivity contribution in [3.63, 3.8) is 0 Å². The molecule has 0 spiro atoms. The second-order valence-electron chi connectivity index (χ2n) is 4.86. The number of carboxylic acids is 1. The zero-order chi connectivity index (χ0) is 14.9. The summed E-state index contributed by atoms with van der Waals surface area (Å²) in [5, 5.41) is 11.7.